The van der Waals surface area contributed by atoms with E-state index in [-0.39, 0.29) is 0 Å². The zero-order chi connectivity index (χ0) is 9.26. The number of benzene rings is 1. The molecule has 0 spiro atoms. The topological polar surface area (TPSA) is 32.9 Å². The van der Waals surface area contributed by atoms with Gasteiger partial charge in [0, 0.05) is 23.0 Å². The van der Waals surface area contributed by atoms with Crippen LogP contribution in [0.1, 0.15) is 5.69 Å². The molecule has 13 heavy (non-hydrogen) atoms. The summed E-state index contributed by atoms with van der Waals surface area (Å²) >= 11 is 6.05. The number of hydrogen-bond acceptors (Lipinski definition) is 1. The average molecular weight is 194 g/mol. The molecule has 0 unspecified atom stereocenters. The zero-order valence-electron chi connectivity index (χ0n) is 6.88. The monoisotopic (exact) mass is 193 g/mol. The fraction of sp³-hybridized carbons (Fsp3) is 0.100. The minimum atomic E-state index is 0.341. The van der Waals surface area contributed by atoms with E-state index in [1.54, 1.807) is 0 Å². The Hall–Kier alpha value is -1.28. The molecule has 0 fully saturated rings. The Labute approximate surface area is 80.5 Å². The summed E-state index contributed by atoms with van der Waals surface area (Å²) in [6.45, 7) is 0. The molecule has 0 saturated heterocycles. The van der Waals surface area contributed by atoms with E-state index in [0.717, 1.165) is 22.9 Å². The predicted molar refractivity (Wildman–Crippen MR) is 53.1 cm³/mol. The standard InChI is InChI=1S/C10H8ClNO/c11-10-7-3-1-2-4-8(7)12-9(10)5-6-13/h1-4,6,12H,5H2. The molecule has 0 aliphatic heterocycles. The van der Waals surface area contributed by atoms with Gasteiger partial charge in [-0.2, -0.15) is 0 Å². The molecule has 2 nitrogen and oxygen atoms in total. The molecule has 1 aromatic heterocycles. The third-order valence-corrected chi connectivity index (χ3v) is 2.43. The van der Waals surface area contributed by atoms with Crippen molar-refractivity contribution in [2.75, 3.05) is 0 Å². The van der Waals surface area contributed by atoms with E-state index < -0.39 is 0 Å². The van der Waals surface area contributed by atoms with Crippen LogP contribution in [0.3, 0.4) is 0 Å². The average Bonchev–Trinajstić information content (AvgIpc) is 2.46. The number of carbonyl (C=O) groups excluding carboxylic acids is 1. The van der Waals surface area contributed by atoms with Crippen molar-refractivity contribution in [3.05, 3.63) is 35.0 Å². The summed E-state index contributed by atoms with van der Waals surface area (Å²) < 4.78 is 0. The summed E-state index contributed by atoms with van der Waals surface area (Å²) in [6, 6.07) is 7.73. The molecule has 1 heterocycles. The van der Waals surface area contributed by atoms with Crippen LogP contribution >= 0.6 is 11.6 Å². The smallest absolute Gasteiger partial charge is 0.125 e. The highest BCUT2D eigenvalue weighted by molar-refractivity contribution is 6.36. The number of rotatable bonds is 2. The molecule has 3 heteroatoms. The molecule has 1 aromatic carbocycles. The Morgan fingerprint density at radius 2 is 2.15 bits per heavy atom. The second kappa shape index (κ2) is 3.23. The fourth-order valence-corrected chi connectivity index (χ4v) is 1.68. The highest BCUT2D eigenvalue weighted by Crippen LogP contribution is 2.26. The van der Waals surface area contributed by atoms with E-state index in [1.807, 2.05) is 24.3 Å². The SMILES string of the molecule is O=CCc1[nH]c2ccccc2c1Cl. The minimum Gasteiger partial charge on any atom is -0.357 e. The normalized spacial score (nSPS) is 10.5. The first-order chi connectivity index (χ1) is 6.33. The molecule has 1 N–H and O–H groups in total. The highest BCUT2D eigenvalue weighted by Gasteiger charge is 2.07. The van der Waals surface area contributed by atoms with Crippen molar-refractivity contribution in [1.82, 2.24) is 4.98 Å². The minimum absolute atomic E-state index is 0.341. The van der Waals surface area contributed by atoms with Crippen LogP contribution in [-0.4, -0.2) is 11.3 Å². The number of aromatic nitrogens is 1. The number of H-pyrrole nitrogens is 1. The summed E-state index contributed by atoms with van der Waals surface area (Å²) in [5, 5.41) is 1.63. The van der Waals surface area contributed by atoms with Gasteiger partial charge in [-0.3, -0.25) is 0 Å². The zero-order valence-corrected chi connectivity index (χ0v) is 7.64. The van der Waals surface area contributed by atoms with Crippen molar-refractivity contribution < 1.29 is 4.79 Å². The Bertz CT molecular complexity index is 447. The van der Waals surface area contributed by atoms with E-state index in [2.05, 4.69) is 4.98 Å². The van der Waals surface area contributed by atoms with Crippen LogP contribution in [0.2, 0.25) is 5.02 Å². The van der Waals surface area contributed by atoms with Crippen LogP contribution < -0.4 is 0 Å². The molecule has 0 aliphatic carbocycles. The van der Waals surface area contributed by atoms with Gasteiger partial charge in [0.2, 0.25) is 0 Å². The van der Waals surface area contributed by atoms with Crippen LogP contribution in [0, 0.1) is 0 Å². The first-order valence-corrected chi connectivity index (χ1v) is 4.39. The summed E-state index contributed by atoms with van der Waals surface area (Å²) in [7, 11) is 0. The van der Waals surface area contributed by atoms with E-state index in [4.69, 9.17) is 11.6 Å². The van der Waals surface area contributed by atoms with Gasteiger partial charge in [-0.25, -0.2) is 0 Å². The van der Waals surface area contributed by atoms with Crippen LogP contribution in [-0.2, 0) is 11.2 Å². The van der Waals surface area contributed by atoms with Crippen molar-refractivity contribution in [3.63, 3.8) is 0 Å². The maximum Gasteiger partial charge on any atom is 0.125 e. The number of nitrogens with one attached hydrogen (secondary N) is 1. The van der Waals surface area contributed by atoms with E-state index in [1.165, 1.54) is 0 Å². The summed E-state index contributed by atoms with van der Waals surface area (Å²) in [4.78, 5) is 13.4. The number of hydrogen-bond donors (Lipinski definition) is 1. The second-order valence-electron chi connectivity index (χ2n) is 2.83. The van der Waals surface area contributed by atoms with Crippen LogP contribution in [0.4, 0.5) is 0 Å². The van der Waals surface area contributed by atoms with Gasteiger partial charge in [-0.15, -0.1) is 0 Å². The molecule has 0 aliphatic rings. The number of aromatic amines is 1. The van der Waals surface area contributed by atoms with E-state index in [0.29, 0.717) is 11.4 Å². The second-order valence-corrected chi connectivity index (χ2v) is 3.21. The van der Waals surface area contributed by atoms with Gasteiger partial charge in [0.05, 0.1) is 5.02 Å². The van der Waals surface area contributed by atoms with Gasteiger partial charge in [-0.1, -0.05) is 29.8 Å². The van der Waals surface area contributed by atoms with Crippen molar-refractivity contribution in [2.24, 2.45) is 0 Å². The molecule has 2 rings (SSSR count). The molecule has 0 radical (unpaired) electrons. The summed E-state index contributed by atoms with van der Waals surface area (Å²) in [6.07, 6.45) is 1.18. The van der Waals surface area contributed by atoms with Gasteiger partial charge < -0.3 is 9.78 Å². The van der Waals surface area contributed by atoms with Crippen molar-refractivity contribution >= 4 is 28.8 Å². The largest absolute Gasteiger partial charge is 0.357 e. The number of halogens is 1. The lowest BCUT2D eigenvalue weighted by molar-refractivity contribution is -0.107. The molecule has 0 atom stereocenters. The molecule has 0 bridgehead atoms. The lowest BCUT2D eigenvalue weighted by atomic mass is 10.2. The Balaban J connectivity index is 2.66. The Morgan fingerprint density at radius 3 is 2.85 bits per heavy atom. The Morgan fingerprint density at radius 1 is 1.38 bits per heavy atom. The quantitative estimate of drug-likeness (QED) is 0.731. The lowest BCUT2D eigenvalue weighted by Gasteiger charge is -1.88. The number of para-hydroxylation sites is 1. The van der Waals surface area contributed by atoms with Crippen molar-refractivity contribution in [3.8, 4) is 0 Å². The van der Waals surface area contributed by atoms with Crippen LogP contribution in [0.15, 0.2) is 24.3 Å². The predicted octanol–water partition coefficient (Wildman–Crippen LogP) is 2.56. The number of fused-ring (bicyclic) bond motifs is 1. The van der Waals surface area contributed by atoms with E-state index >= 15 is 0 Å². The molecule has 0 saturated carbocycles. The lowest BCUT2D eigenvalue weighted by Crippen LogP contribution is -1.85. The molecule has 66 valence electrons. The van der Waals surface area contributed by atoms with Crippen molar-refractivity contribution in [1.29, 1.82) is 0 Å². The molecule has 0 amide bonds. The summed E-state index contributed by atoms with van der Waals surface area (Å²) in [5.41, 5.74) is 1.77. The fourth-order valence-electron chi connectivity index (χ4n) is 1.39. The van der Waals surface area contributed by atoms with Gasteiger partial charge in [-0.05, 0) is 6.07 Å². The third kappa shape index (κ3) is 1.33. The maximum atomic E-state index is 10.3. The number of aldehydes is 1. The van der Waals surface area contributed by atoms with Crippen molar-refractivity contribution in [2.45, 2.75) is 6.42 Å². The first kappa shape index (κ1) is 8.32. The van der Waals surface area contributed by atoms with Crippen LogP contribution in [0.25, 0.3) is 10.9 Å². The maximum absolute atomic E-state index is 10.3. The molecule has 2 aromatic rings. The van der Waals surface area contributed by atoms with Gasteiger partial charge in [0.1, 0.15) is 6.29 Å². The third-order valence-electron chi connectivity index (χ3n) is 2.00. The molecular weight excluding hydrogens is 186 g/mol. The highest BCUT2D eigenvalue weighted by atomic mass is 35.5. The number of carbonyl (C=O) groups is 1. The Kier molecular flexibility index (Phi) is 2.07. The van der Waals surface area contributed by atoms with E-state index in [9.17, 15) is 4.79 Å². The van der Waals surface area contributed by atoms with Gasteiger partial charge in [0.15, 0.2) is 0 Å². The van der Waals surface area contributed by atoms with Gasteiger partial charge in [0.25, 0.3) is 0 Å². The van der Waals surface area contributed by atoms with Crippen LogP contribution in [0.5, 0.6) is 0 Å². The first-order valence-electron chi connectivity index (χ1n) is 4.01. The summed E-state index contributed by atoms with van der Waals surface area (Å²) in [5.74, 6) is 0. The van der Waals surface area contributed by atoms with Gasteiger partial charge >= 0.3 is 0 Å². The molecular formula is C10H8ClNO.